The van der Waals surface area contributed by atoms with Crippen LogP contribution in [0.3, 0.4) is 0 Å². The summed E-state index contributed by atoms with van der Waals surface area (Å²) in [6.45, 7) is 6.46. The van der Waals surface area contributed by atoms with E-state index in [9.17, 15) is 4.79 Å². The minimum absolute atomic E-state index is 0.0741. The normalized spacial score (nSPS) is 18.7. The molecule has 1 aliphatic rings. The first kappa shape index (κ1) is 17.3. The number of amides is 1. The molecule has 2 atom stereocenters. The largest absolute Gasteiger partial charge is 0.349 e. The molecule has 0 spiro atoms. The van der Waals surface area contributed by atoms with Gasteiger partial charge in [0.1, 0.15) is 0 Å². The minimum atomic E-state index is 0.0741. The third kappa shape index (κ3) is 4.99. The van der Waals surface area contributed by atoms with Crippen molar-refractivity contribution in [3.63, 3.8) is 0 Å². The second kappa shape index (κ2) is 8.54. The van der Waals surface area contributed by atoms with Gasteiger partial charge in [-0.2, -0.15) is 0 Å². The van der Waals surface area contributed by atoms with E-state index in [2.05, 4.69) is 24.5 Å². The van der Waals surface area contributed by atoms with E-state index in [0.717, 1.165) is 30.1 Å². The van der Waals surface area contributed by atoms with Crippen molar-refractivity contribution in [3.8, 4) is 0 Å². The SMILES string of the molecule is CCC(NC(=O)CC(C)C1CCNCC1)c1ccc(Cl)cc1. The average Bonchev–Trinajstić information content (AvgIpc) is 2.54. The van der Waals surface area contributed by atoms with Gasteiger partial charge in [-0.1, -0.05) is 37.6 Å². The number of nitrogens with one attached hydrogen (secondary N) is 2. The number of benzene rings is 1. The highest BCUT2D eigenvalue weighted by Crippen LogP contribution is 2.25. The highest BCUT2D eigenvalue weighted by Gasteiger charge is 2.23. The standard InChI is InChI=1S/C18H27ClN2O/c1-3-17(15-4-6-16(19)7-5-15)21-18(22)12-13(2)14-8-10-20-11-9-14/h4-7,13-14,17,20H,3,8-12H2,1-2H3,(H,21,22). The van der Waals surface area contributed by atoms with Gasteiger partial charge in [0, 0.05) is 11.4 Å². The molecule has 2 unspecified atom stereocenters. The molecule has 1 aromatic rings. The van der Waals surface area contributed by atoms with Crippen LogP contribution in [0.4, 0.5) is 0 Å². The van der Waals surface area contributed by atoms with Gasteiger partial charge >= 0.3 is 0 Å². The molecule has 1 amide bonds. The lowest BCUT2D eigenvalue weighted by Gasteiger charge is -2.28. The fraction of sp³-hybridized carbons (Fsp3) is 0.611. The van der Waals surface area contributed by atoms with Crippen molar-refractivity contribution in [1.82, 2.24) is 10.6 Å². The van der Waals surface area contributed by atoms with E-state index in [4.69, 9.17) is 11.6 Å². The van der Waals surface area contributed by atoms with Crippen molar-refractivity contribution in [2.24, 2.45) is 11.8 Å². The lowest BCUT2D eigenvalue weighted by molar-refractivity contribution is -0.123. The van der Waals surface area contributed by atoms with Crippen molar-refractivity contribution in [2.75, 3.05) is 13.1 Å². The molecule has 22 heavy (non-hydrogen) atoms. The molecule has 0 saturated carbocycles. The number of halogens is 1. The maximum absolute atomic E-state index is 12.4. The first-order valence-corrected chi connectivity index (χ1v) is 8.73. The van der Waals surface area contributed by atoms with Gasteiger partial charge in [-0.15, -0.1) is 0 Å². The van der Waals surface area contributed by atoms with Gasteiger partial charge in [0.15, 0.2) is 0 Å². The van der Waals surface area contributed by atoms with E-state index >= 15 is 0 Å². The topological polar surface area (TPSA) is 41.1 Å². The van der Waals surface area contributed by atoms with Gasteiger partial charge in [0.05, 0.1) is 6.04 Å². The van der Waals surface area contributed by atoms with Crippen LogP contribution in [0.15, 0.2) is 24.3 Å². The summed E-state index contributed by atoms with van der Waals surface area (Å²) in [5, 5.41) is 7.28. The maximum atomic E-state index is 12.4. The number of piperidine rings is 1. The number of hydrogen-bond donors (Lipinski definition) is 2. The van der Waals surface area contributed by atoms with Gasteiger partial charge in [-0.05, 0) is 61.9 Å². The van der Waals surface area contributed by atoms with E-state index in [1.807, 2.05) is 24.3 Å². The van der Waals surface area contributed by atoms with Crippen molar-refractivity contribution in [2.45, 2.75) is 45.6 Å². The zero-order valence-electron chi connectivity index (χ0n) is 13.6. The van der Waals surface area contributed by atoms with Crippen LogP contribution in [-0.4, -0.2) is 19.0 Å². The first-order valence-electron chi connectivity index (χ1n) is 8.35. The van der Waals surface area contributed by atoms with E-state index in [1.54, 1.807) is 0 Å². The summed E-state index contributed by atoms with van der Waals surface area (Å²) in [7, 11) is 0. The Balaban J connectivity index is 1.87. The summed E-state index contributed by atoms with van der Waals surface area (Å²) in [6.07, 6.45) is 3.87. The minimum Gasteiger partial charge on any atom is -0.349 e. The van der Waals surface area contributed by atoms with Crippen LogP contribution >= 0.6 is 11.6 Å². The fourth-order valence-electron chi connectivity index (χ4n) is 3.24. The predicted molar refractivity (Wildman–Crippen MR) is 92.0 cm³/mol. The average molecular weight is 323 g/mol. The summed E-state index contributed by atoms with van der Waals surface area (Å²) >= 11 is 5.93. The Labute approximate surface area is 138 Å². The van der Waals surface area contributed by atoms with Crippen LogP contribution in [0.5, 0.6) is 0 Å². The number of hydrogen-bond acceptors (Lipinski definition) is 2. The summed E-state index contributed by atoms with van der Waals surface area (Å²) in [5.74, 6) is 1.28. The Morgan fingerprint density at radius 1 is 1.32 bits per heavy atom. The van der Waals surface area contributed by atoms with Crippen molar-refractivity contribution < 1.29 is 4.79 Å². The molecule has 1 heterocycles. The van der Waals surface area contributed by atoms with Gasteiger partial charge in [0.2, 0.25) is 5.91 Å². The molecule has 122 valence electrons. The molecule has 1 fully saturated rings. The quantitative estimate of drug-likeness (QED) is 0.833. The van der Waals surface area contributed by atoms with E-state index in [0.29, 0.717) is 18.3 Å². The molecular formula is C18H27ClN2O. The molecule has 1 aliphatic heterocycles. The smallest absolute Gasteiger partial charge is 0.220 e. The Morgan fingerprint density at radius 3 is 2.55 bits per heavy atom. The van der Waals surface area contributed by atoms with Crippen LogP contribution in [0, 0.1) is 11.8 Å². The zero-order valence-corrected chi connectivity index (χ0v) is 14.3. The molecule has 0 bridgehead atoms. The number of carbonyl (C=O) groups is 1. The lowest BCUT2D eigenvalue weighted by Crippen LogP contribution is -2.34. The monoisotopic (exact) mass is 322 g/mol. The van der Waals surface area contributed by atoms with Crippen LogP contribution in [-0.2, 0) is 4.79 Å². The molecule has 0 aliphatic carbocycles. The van der Waals surface area contributed by atoms with Crippen molar-refractivity contribution >= 4 is 17.5 Å². The van der Waals surface area contributed by atoms with Crippen LogP contribution in [0.25, 0.3) is 0 Å². The van der Waals surface area contributed by atoms with Gasteiger partial charge in [-0.3, -0.25) is 4.79 Å². The maximum Gasteiger partial charge on any atom is 0.220 e. The Morgan fingerprint density at radius 2 is 1.95 bits per heavy atom. The molecule has 4 heteroatoms. The van der Waals surface area contributed by atoms with E-state index in [1.165, 1.54) is 12.8 Å². The van der Waals surface area contributed by atoms with Crippen LogP contribution in [0.2, 0.25) is 5.02 Å². The summed E-state index contributed by atoms with van der Waals surface area (Å²) in [6, 6.07) is 7.82. The molecule has 3 nitrogen and oxygen atoms in total. The summed E-state index contributed by atoms with van der Waals surface area (Å²) < 4.78 is 0. The molecule has 2 rings (SSSR count). The number of carbonyl (C=O) groups excluding carboxylic acids is 1. The van der Waals surface area contributed by atoms with E-state index < -0.39 is 0 Å². The van der Waals surface area contributed by atoms with E-state index in [-0.39, 0.29) is 11.9 Å². The number of rotatable bonds is 6. The predicted octanol–water partition coefficient (Wildman–Crippen LogP) is 3.93. The second-order valence-electron chi connectivity index (χ2n) is 6.35. The van der Waals surface area contributed by atoms with Crippen LogP contribution in [0.1, 0.15) is 51.1 Å². The zero-order chi connectivity index (χ0) is 15.9. The lowest BCUT2D eigenvalue weighted by atomic mass is 9.84. The van der Waals surface area contributed by atoms with Gasteiger partial charge in [0.25, 0.3) is 0 Å². The third-order valence-corrected chi connectivity index (χ3v) is 4.96. The summed E-state index contributed by atoms with van der Waals surface area (Å²) in [5.41, 5.74) is 1.12. The van der Waals surface area contributed by atoms with Gasteiger partial charge < -0.3 is 10.6 Å². The van der Waals surface area contributed by atoms with Gasteiger partial charge in [-0.25, -0.2) is 0 Å². The summed E-state index contributed by atoms with van der Waals surface area (Å²) in [4.78, 5) is 12.4. The molecule has 1 saturated heterocycles. The molecule has 1 aromatic carbocycles. The molecule has 2 N–H and O–H groups in total. The Bertz CT molecular complexity index is 468. The van der Waals surface area contributed by atoms with Crippen molar-refractivity contribution in [1.29, 1.82) is 0 Å². The van der Waals surface area contributed by atoms with Crippen molar-refractivity contribution in [3.05, 3.63) is 34.9 Å². The highest BCUT2D eigenvalue weighted by atomic mass is 35.5. The first-order chi connectivity index (χ1) is 10.6. The molecular weight excluding hydrogens is 296 g/mol. The highest BCUT2D eigenvalue weighted by molar-refractivity contribution is 6.30. The third-order valence-electron chi connectivity index (χ3n) is 4.71. The Hall–Kier alpha value is -1.06. The molecule has 0 aromatic heterocycles. The fourth-order valence-corrected chi connectivity index (χ4v) is 3.37. The Kier molecular flexibility index (Phi) is 6.71. The second-order valence-corrected chi connectivity index (χ2v) is 6.79. The van der Waals surface area contributed by atoms with Crippen LogP contribution < -0.4 is 10.6 Å². The molecule has 0 radical (unpaired) electrons.